The Labute approximate surface area is 175 Å². The summed E-state index contributed by atoms with van der Waals surface area (Å²) in [6.45, 7) is 3.12. The predicted molar refractivity (Wildman–Crippen MR) is 115 cm³/mol. The molecule has 0 spiro atoms. The molecule has 0 radical (unpaired) electrons. The standard InChI is InChI=1S/C23H25N3O4/c1-3-30-19-9-7-18(8-10-19)21-11-12-23(28)26(25-21)14-13-22(27)24-16-17-5-4-6-20(15-17)29-2/h4-12,15H,3,13-14,16H2,1-2H3,(H,24,27). The van der Waals surface area contributed by atoms with E-state index in [1.165, 1.54) is 10.7 Å². The Morgan fingerprint density at radius 1 is 1.07 bits per heavy atom. The summed E-state index contributed by atoms with van der Waals surface area (Å²) < 4.78 is 11.9. The van der Waals surface area contributed by atoms with E-state index in [-0.39, 0.29) is 24.4 Å². The van der Waals surface area contributed by atoms with E-state index in [2.05, 4.69) is 10.4 Å². The van der Waals surface area contributed by atoms with Crippen LogP contribution in [0, 0.1) is 0 Å². The van der Waals surface area contributed by atoms with Crippen LogP contribution in [-0.2, 0) is 17.9 Å². The van der Waals surface area contributed by atoms with Gasteiger partial charge < -0.3 is 14.8 Å². The van der Waals surface area contributed by atoms with Crippen LogP contribution in [0.3, 0.4) is 0 Å². The fourth-order valence-corrected chi connectivity index (χ4v) is 2.93. The first-order valence-electron chi connectivity index (χ1n) is 9.80. The van der Waals surface area contributed by atoms with E-state index >= 15 is 0 Å². The third-order valence-corrected chi connectivity index (χ3v) is 4.50. The molecule has 0 fully saturated rings. The highest BCUT2D eigenvalue weighted by Gasteiger charge is 2.07. The van der Waals surface area contributed by atoms with Gasteiger partial charge in [0.05, 0.1) is 26.0 Å². The molecule has 0 atom stereocenters. The highest BCUT2D eigenvalue weighted by Crippen LogP contribution is 2.20. The quantitative estimate of drug-likeness (QED) is 0.590. The summed E-state index contributed by atoms with van der Waals surface area (Å²) >= 11 is 0. The summed E-state index contributed by atoms with van der Waals surface area (Å²) in [5.41, 5.74) is 2.23. The maximum atomic E-state index is 12.2. The summed E-state index contributed by atoms with van der Waals surface area (Å²) in [5, 5.41) is 7.25. The number of carbonyl (C=O) groups is 1. The lowest BCUT2D eigenvalue weighted by Crippen LogP contribution is -2.28. The molecule has 0 aliphatic rings. The van der Waals surface area contributed by atoms with Gasteiger partial charge in [-0.1, -0.05) is 12.1 Å². The van der Waals surface area contributed by atoms with Crippen LogP contribution in [0.1, 0.15) is 18.9 Å². The first-order chi connectivity index (χ1) is 14.6. The predicted octanol–water partition coefficient (Wildman–Crippen LogP) is 3.02. The fraction of sp³-hybridized carbons (Fsp3) is 0.261. The van der Waals surface area contributed by atoms with E-state index < -0.39 is 0 Å². The van der Waals surface area contributed by atoms with Gasteiger partial charge in [-0.15, -0.1) is 0 Å². The van der Waals surface area contributed by atoms with E-state index in [1.807, 2.05) is 55.5 Å². The molecule has 0 bridgehead atoms. The second-order valence-electron chi connectivity index (χ2n) is 6.62. The highest BCUT2D eigenvalue weighted by molar-refractivity contribution is 5.75. The van der Waals surface area contributed by atoms with E-state index in [0.717, 1.165) is 22.6 Å². The number of methoxy groups -OCH3 is 1. The Bertz CT molecular complexity index is 1040. The van der Waals surface area contributed by atoms with Crippen molar-refractivity contribution in [3.63, 3.8) is 0 Å². The Kier molecular flexibility index (Phi) is 7.21. The number of benzene rings is 2. The lowest BCUT2D eigenvalue weighted by Gasteiger charge is -2.09. The van der Waals surface area contributed by atoms with Gasteiger partial charge >= 0.3 is 0 Å². The van der Waals surface area contributed by atoms with Crippen molar-refractivity contribution in [3.05, 3.63) is 76.6 Å². The van der Waals surface area contributed by atoms with Gasteiger partial charge in [0, 0.05) is 24.6 Å². The molecule has 0 unspecified atom stereocenters. The number of aromatic nitrogens is 2. The average molecular weight is 407 g/mol. The van der Waals surface area contributed by atoms with Crippen molar-refractivity contribution in [1.29, 1.82) is 0 Å². The Hall–Kier alpha value is -3.61. The maximum Gasteiger partial charge on any atom is 0.266 e. The molecule has 3 aromatic rings. The summed E-state index contributed by atoms with van der Waals surface area (Å²) in [6, 6.07) is 18.2. The lowest BCUT2D eigenvalue weighted by atomic mass is 10.1. The second-order valence-corrected chi connectivity index (χ2v) is 6.62. The number of amides is 1. The first-order valence-corrected chi connectivity index (χ1v) is 9.80. The number of nitrogens with one attached hydrogen (secondary N) is 1. The van der Waals surface area contributed by atoms with Crippen molar-refractivity contribution in [3.8, 4) is 22.8 Å². The lowest BCUT2D eigenvalue weighted by molar-refractivity contribution is -0.121. The Balaban J connectivity index is 1.60. The summed E-state index contributed by atoms with van der Waals surface area (Å²) in [7, 11) is 1.60. The molecule has 30 heavy (non-hydrogen) atoms. The minimum atomic E-state index is -0.245. The first kappa shape index (κ1) is 21.1. The molecular formula is C23H25N3O4. The Morgan fingerprint density at radius 3 is 2.60 bits per heavy atom. The van der Waals surface area contributed by atoms with Crippen molar-refractivity contribution in [2.24, 2.45) is 0 Å². The molecule has 7 nitrogen and oxygen atoms in total. The molecule has 1 amide bonds. The highest BCUT2D eigenvalue weighted by atomic mass is 16.5. The normalized spacial score (nSPS) is 10.5. The van der Waals surface area contributed by atoms with Crippen molar-refractivity contribution in [1.82, 2.24) is 15.1 Å². The number of aryl methyl sites for hydroxylation is 1. The zero-order valence-electron chi connectivity index (χ0n) is 17.1. The van der Waals surface area contributed by atoms with Gasteiger partial charge in [-0.2, -0.15) is 5.10 Å². The van der Waals surface area contributed by atoms with Gasteiger partial charge in [0.1, 0.15) is 11.5 Å². The van der Waals surface area contributed by atoms with Crippen molar-refractivity contribution < 1.29 is 14.3 Å². The van der Waals surface area contributed by atoms with E-state index in [4.69, 9.17) is 9.47 Å². The molecule has 1 aromatic heterocycles. The molecule has 1 N–H and O–H groups in total. The molecule has 0 saturated heterocycles. The third-order valence-electron chi connectivity index (χ3n) is 4.50. The minimum Gasteiger partial charge on any atom is -0.497 e. The van der Waals surface area contributed by atoms with Crippen LogP contribution >= 0.6 is 0 Å². The van der Waals surface area contributed by atoms with Crippen LogP contribution in [0.2, 0.25) is 0 Å². The SMILES string of the molecule is CCOc1ccc(-c2ccc(=O)n(CCC(=O)NCc3cccc(OC)c3)n2)cc1. The zero-order chi connectivity index (χ0) is 21.3. The third kappa shape index (κ3) is 5.70. The van der Waals surface area contributed by atoms with E-state index in [1.54, 1.807) is 13.2 Å². The molecule has 7 heteroatoms. The van der Waals surface area contributed by atoms with Gasteiger partial charge in [0.25, 0.3) is 5.56 Å². The van der Waals surface area contributed by atoms with Crippen molar-refractivity contribution in [2.45, 2.75) is 26.4 Å². The number of rotatable bonds is 9. The summed E-state index contributed by atoms with van der Waals surface area (Å²) in [5.74, 6) is 1.36. The van der Waals surface area contributed by atoms with Crippen LogP contribution in [0.5, 0.6) is 11.5 Å². The second kappa shape index (κ2) is 10.2. The fourth-order valence-electron chi connectivity index (χ4n) is 2.93. The van der Waals surface area contributed by atoms with Gasteiger partial charge in [0.2, 0.25) is 5.91 Å². The largest absolute Gasteiger partial charge is 0.497 e. The summed E-state index contributed by atoms with van der Waals surface area (Å²) in [4.78, 5) is 24.3. The molecule has 0 saturated carbocycles. The molecule has 0 aliphatic carbocycles. The van der Waals surface area contributed by atoms with Crippen molar-refractivity contribution >= 4 is 5.91 Å². The molecule has 3 rings (SSSR count). The molecule has 2 aromatic carbocycles. The monoisotopic (exact) mass is 407 g/mol. The number of hydrogen-bond donors (Lipinski definition) is 1. The van der Waals surface area contributed by atoms with Crippen LogP contribution in [0.15, 0.2) is 65.5 Å². The van der Waals surface area contributed by atoms with E-state index in [0.29, 0.717) is 18.8 Å². The average Bonchev–Trinajstić information content (AvgIpc) is 2.78. The van der Waals surface area contributed by atoms with Gasteiger partial charge in [-0.05, 0) is 55.0 Å². The molecule has 0 aliphatic heterocycles. The van der Waals surface area contributed by atoms with E-state index in [9.17, 15) is 9.59 Å². The van der Waals surface area contributed by atoms with Crippen LogP contribution < -0.4 is 20.3 Å². The van der Waals surface area contributed by atoms with Crippen LogP contribution in [-0.4, -0.2) is 29.4 Å². The molecular weight excluding hydrogens is 382 g/mol. The molecule has 156 valence electrons. The smallest absolute Gasteiger partial charge is 0.266 e. The maximum absolute atomic E-state index is 12.2. The number of carbonyl (C=O) groups excluding carboxylic acids is 1. The molecule has 1 heterocycles. The number of ether oxygens (including phenoxy) is 2. The minimum absolute atomic E-state index is 0.155. The topological polar surface area (TPSA) is 82.5 Å². The number of hydrogen-bond acceptors (Lipinski definition) is 5. The zero-order valence-corrected chi connectivity index (χ0v) is 17.1. The Morgan fingerprint density at radius 2 is 1.87 bits per heavy atom. The van der Waals surface area contributed by atoms with Gasteiger partial charge in [0.15, 0.2) is 0 Å². The number of nitrogens with zero attached hydrogens (tertiary/aromatic N) is 2. The van der Waals surface area contributed by atoms with Crippen LogP contribution in [0.25, 0.3) is 11.3 Å². The van der Waals surface area contributed by atoms with Gasteiger partial charge in [-0.25, -0.2) is 4.68 Å². The van der Waals surface area contributed by atoms with Gasteiger partial charge in [-0.3, -0.25) is 9.59 Å². The summed E-state index contributed by atoms with van der Waals surface area (Å²) in [6.07, 6.45) is 0.156. The van der Waals surface area contributed by atoms with Crippen LogP contribution in [0.4, 0.5) is 0 Å². The van der Waals surface area contributed by atoms with Crippen molar-refractivity contribution in [2.75, 3.05) is 13.7 Å².